The molecule has 18 heavy (non-hydrogen) atoms. The molecule has 0 spiro atoms. The molecule has 1 aliphatic heterocycles. The lowest BCUT2D eigenvalue weighted by molar-refractivity contribution is 0.0652. The number of unbranched alkanes of at least 4 members (excludes halogenated alkanes) is 2. The van der Waals surface area contributed by atoms with Gasteiger partial charge < -0.3 is 5.73 Å². The number of aromatic nitrogens is 1. The van der Waals surface area contributed by atoms with Gasteiger partial charge in [0.2, 0.25) is 0 Å². The predicted octanol–water partition coefficient (Wildman–Crippen LogP) is 1.76. The second-order valence-corrected chi connectivity index (χ2v) is 4.54. The van der Waals surface area contributed by atoms with Crippen molar-refractivity contribution in [2.75, 3.05) is 12.3 Å². The molecule has 5 nitrogen and oxygen atoms in total. The highest BCUT2D eigenvalue weighted by molar-refractivity contribution is 6.23. The molecule has 2 heterocycles. The van der Waals surface area contributed by atoms with Gasteiger partial charge in [0.15, 0.2) is 0 Å². The molecule has 1 aliphatic rings. The first-order valence-corrected chi connectivity index (χ1v) is 6.19. The zero-order valence-corrected chi connectivity index (χ0v) is 10.7. The first-order valence-electron chi connectivity index (χ1n) is 6.19. The minimum absolute atomic E-state index is 0.154. The van der Waals surface area contributed by atoms with E-state index in [4.69, 9.17) is 5.73 Å². The molecule has 2 rings (SSSR count). The van der Waals surface area contributed by atoms with Crippen LogP contribution in [0.1, 0.15) is 52.6 Å². The van der Waals surface area contributed by atoms with E-state index in [1.807, 2.05) is 0 Å². The molecule has 0 bridgehead atoms. The topological polar surface area (TPSA) is 76.3 Å². The molecule has 0 radical (unpaired) electrons. The van der Waals surface area contributed by atoms with Gasteiger partial charge in [0, 0.05) is 12.2 Å². The van der Waals surface area contributed by atoms with E-state index in [0.717, 1.165) is 19.3 Å². The first kappa shape index (κ1) is 12.5. The fraction of sp³-hybridized carbons (Fsp3) is 0.462. The number of hydrogen-bond donors (Lipinski definition) is 1. The number of aryl methyl sites for hydroxylation is 1. The highest BCUT2D eigenvalue weighted by Crippen LogP contribution is 2.27. The number of carbonyl (C=O) groups excluding carboxylic acids is 2. The Morgan fingerprint density at radius 1 is 1.28 bits per heavy atom. The minimum atomic E-state index is -0.309. The van der Waals surface area contributed by atoms with Crippen LogP contribution in [-0.4, -0.2) is 28.2 Å². The number of hydrogen-bond acceptors (Lipinski definition) is 4. The number of rotatable bonds is 4. The maximum atomic E-state index is 12.1. The summed E-state index contributed by atoms with van der Waals surface area (Å²) in [6.45, 7) is 4.29. The lowest BCUT2D eigenvalue weighted by Gasteiger charge is -2.12. The zero-order chi connectivity index (χ0) is 13.3. The standard InChI is InChI=1S/C13H17N3O2/c1-3-4-5-6-16-12(17)9-7-8(2)15-11(14)10(9)13(16)18/h7H,3-6H2,1-2H3,(H2,14,15). The van der Waals surface area contributed by atoms with Crippen LogP contribution in [0.5, 0.6) is 0 Å². The number of nitrogens with zero attached hydrogens (tertiary/aromatic N) is 2. The Kier molecular flexibility index (Phi) is 3.32. The van der Waals surface area contributed by atoms with Gasteiger partial charge in [0.25, 0.3) is 11.8 Å². The Morgan fingerprint density at radius 2 is 2.00 bits per heavy atom. The van der Waals surface area contributed by atoms with E-state index < -0.39 is 0 Å². The smallest absolute Gasteiger partial charge is 0.265 e. The molecule has 0 aromatic carbocycles. The second kappa shape index (κ2) is 4.76. The molecule has 2 N–H and O–H groups in total. The van der Waals surface area contributed by atoms with Crippen LogP contribution in [0, 0.1) is 6.92 Å². The summed E-state index contributed by atoms with van der Waals surface area (Å²) in [6.07, 6.45) is 2.88. The van der Waals surface area contributed by atoms with Gasteiger partial charge in [0.1, 0.15) is 5.82 Å². The van der Waals surface area contributed by atoms with Gasteiger partial charge in [-0.3, -0.25) is 14.5 Å². The summed E-state index contributed by atoms with van der Waals surface area (Å²) in [7, 11) is 0. The Morgan fingerprint density at radius 3 is 2.67 bits per heavy atom. The van der Waals surface area contributed by atoms with Crippen LogP contribution in [0.4, 0.5) is 5.82 Å². The lowest BCUT2D eigenvalue weighted by Crippen LogP contribution is -2.30. The summed E-state index contributed by atoms with van der Waals surface area (Å²) in [5, 5.41) is 0. The number of amides is 2. The number of carbonyl (C=O) groups is 2. The monoisotopic (exact) mass is 247 g/mol. The van der Waals surface area contributed by atoms with Crippen LogP contribution >= 0.6 is 0 Å². The van der Waals surface area contributed by atoms with Gasteiger partial charge in [-0.1, -0.05) is 19.8 Å². The SMILES string of the molecule is CCCCCN1C(=O)c2cc(C)nc(N)c2C1=O. The summed E-state index contributed by atoms with van der Waals surface area (Å²) < 4.78 is 0. The van der Waals surface area contributed by atoms with Crippen LogP contribution in [0.2, 0.25) is 0 Å². The Bertz CT molecular complexity index is 511. The Labute approximate surface area is 106 Å². The molecular formula is C13H17N3O2. The third-order valence-corrected chi connectivity index (χ3v) is 3.10. The molecule has 1 aromatic heterocycles. The van der Waals surface area contributed by atoms with E-state index in [1.54, 1.807) is 13.0 Å². The van der Waals surface area contributed by atoms with E-state index in [1.165, 1.54) is 4.90 Å². The molecule has 0 saturated carbocycles. The maximum absolute atomic E-state index is 12.1. The van der Waals surface area contributed by atoms with E-state index in [0.29, 0.717) is 17.8 Å². The third-order valence-electron chi connectivity index (χ3n) is 3.10. The average Bonchev–Trinajstić information content (AvgIpc) is 2.54. The second-order valence-electron chi connectivity index (χ2n) is 4.54. The van der Waals surface area contributed by atoms with Crippen molar-refractivity contribution in [3.63, 3.8) is 0 Å². The van der Waals surface area contributed by atoms with Gasteiger partial charge in [0.05, 0.1) is 11.1 Å². The molecule has 0 aliphatic carbocycles. The Balaban J connectivity index is 2.29. The van der Waals surface area contributed by atoms with Gasteiger partial charge in [-0.25, -0.2) is 4.98 Å². The molecule has 0 saturated heterocycles. The molecule has 2 amide bonds. The molecule has 0 unspecified atom stereocenters. The van der Waals surface area contributed by atoms with Crippen molar-refractivity contribution < 1.29 is 9.59 Å². The van der Waals surface area contributed by atoms with Crippen molar-refractivity contribution in [1.29, 1.82) is 0 Å². The minimum Gasteiger partial charge on any atom is -0.383 e. The average molecular weight is 247 g/mol. The largest absolute Gasteiger partial charge is 0.383 e. The van der Waals surface area contributed by atoms with Crippen LogP contribution in [0.15, 0.2) is 6.07 Å². The number of anilines is 1. The summed E-state index contributed by atoms with van der Waals surface area (Å²) in [6, 6.07) is 1.63. The van der Waals surface area contributed by atoms with Crippen molar-refractivity contribution in [2.24, 2.45) is 0 Å². The number of nitrogens with two attached hydrogens (primary N) is 1. The quantitative estimate of drug-likeness (QED) is 0.649. The van der Waals surface area contributed by atoms with Crippen molar-refractivity contribution >= 4 is 17.6 Å². The van der Waals surface area contributed by atoms with Gasteiger partial charge in [-0.15, -0.1) is 0 Å². The van der Waals surface area contributed by atoms with Crippen molar-refractivity contribution in [1.82, 2.24) is 9.88 Å². The maximum Gasteiger partial charge on any atom is 0.265 e. The fourth-order valence-corrected chi connectivity index (χ4v) is 2.19. The normalized spacial score (nSPS) is 14.2. The predicted molar refractivity (Wildman–Crippen MR) is 68.3 cm³/mol. The van der Waals surface area contributed by atoms with Gasteiger partial charge in [-0.2, -0.15) is 0 Å². The van der Waals surface area contributed by atoms with Crippen LogP contribution in [-0.2, 0) is 0 Å². The molecule has 5 heteroatoms. The number of nitrogen functional groups attached to an aromatic ring is 1. The Hall–Kier alpha value is -1.91. The molecule has 96 valence electrons. The van der Waals surface area contributed by atoms with Crippen molar-refractivity contribution in [2.45, 2.75) is 33.1 Å². The van der Waals surface area contributed by atoms with E-state index in [2.05, 4.69) is 11.9 Å². The lowest BCUT2D eigenvalue weighted by atomic mass is 10.1. The van der Waals surface area contributed by atoms with Gasteiger partial charge in [-0.05, 0) is 19.4 Å². The summed E-state index contributed by atoms with van der Waals surface area (Å²) in [5.41, 5.74) is 7.04. The molecule has 1 aromatic rings. The van der Waals surface area contributed by atoms with E-state index >= 15 is 0 Å². The highest BCUT2D eigenvalue weighted by atomic mass is 16.2. The van der Waals surface area contributed by atoms with Crippen molar-refractivity contribution in [3.8, 4) is 0 Å². The number of fused-ring (bicyclic) bond motifs is 1. The summed E-state index contributed by atoms with van der Waals surface area (Å²) in [4.78, 5) is 29.6. The highest BCUT2D eigenvalue weighted by Gasteiger charge is 2.37. The number of pyridine rings is 1. The number of imide groups is 1. The van der Waals surface area contributed by atoms with E-state index in [9.17, 15) is 9.59 Å². The molecular weight excluding hydrogens is 230 g/mol. The third kappa shape index (κ3) is 1.96. The summed E-state index contributed by atoms with van der Waals surface area (Å²) in [5.74, 6) is -0.402. The zero-order valence-electron chi connectivity index (χ0n) is 10.7. The fourth-order valence-electron chi connectivity index (χ4n) is 2.19. The van der Waals surface area contributed by atoms with Crippen LogP contribution in [0.3, 0.4) is 0 Å². The first-order chi connectivity index (χ1) is 8.56. The van der Waals surface area contributed by atoms with Crippen LogP contribution in [0.25, 0.3) is 0 Å². The van der Waals surface area contributed by atoms with Crippen LogP contribution < -0.4 is 5.73 Å². The van der Waals surface area contributed by atoms with Gasteiger partial charge >= 0.3 is 0 Å². The van der Waals surface area contributed by atoms with E-state index in [-0.39, 0.29) is 23.2 Å². The molecule has 0 fully saturated rings. The van der Waals surface area contributed by atoms with Crippen molar-refractivity contribution in [3.05, 3.63) is 22.9 Å². The summed E-state index contributed by atoms with van der Waals surface area (Å²) >= 11 is 0. The molecule has 0 atom stereocenters.